The second kappa shape index (κ2) is 7.96. The summed E-state index contributed by atoms with van der Waals surface area (Å²) in [5.41, 5.74) is -3.44. The first kappa shape index (κ1) is 24.6. The van der Waals surface area contributed by atoms with E-state index in [1.54, 1.807) is 13.0 Å². The van der Waals surface area contributed by atoms with Gasteiger partial charge in [-0.15, -0.1) is 0 Å². The summed E-state index contributed by atoms with van der Waals surface area (Å²) in [6.07, 6.45) is -1.54. The van der Waals surface area contributed by atoms with E-state index in [9.17, 15) is 34.8 Å². The van der Waals surface area contributed by atoms with E-state index in [0.29, 0.717) is 31.2 Å². The highest BCUT2D eigenvalue weighted by Crippen LogP contribution is 2.69. The van der Waals surface area contributed by atoms with Crippen LogP contribution in [0.2, 0.25) is 0 Å². The molecule has 4 aliphatic carbocycles. The zero-order valence-corrected chi connectivity index (χ0v) is 20.2. The van der Waals surface area contributed by atoms with Crippen LogP contribution < -0.4 is 5.63 Å². The molecule has 0 aromatic carbocycles. The minimum absolute atomic E-state index is 0.168. The van der Waals surface area contributed by atoms with Crippen LogP contribution in [0.5, 0.6) is 0 Å². The van der Waals surface area contributed by atoms with Gasteiger partial charge in [0.25, 0.3) is 0 Å². The molecule has 1 aromatic heterocycles. The molecule has 35 heavy (non-hydrogen) atoms. The normalized spacial score (nSPS) is 49.1. The number of hydrogen-bond donors (Lipinski definition) is 4. The molecule has 5 rings (SSSR count). The van der Waals surface area contributed by atoms with Crippen LogP contribution in [0.25, 0.3) is 0 Å². The lowest BCUT2D eigenvalue weighted by atomic mass is 9.41. The maximum absolute atomic E-state index is 14.0. The number of ether oxygens (including phenoxy) is 1. The van der Waals surface area contributed by atoms with Gasteiger partial charge < -0.3 is 29.6 Å². The van der Waals surface area contributed by atoms with Gasteiger partial charge in [0.1, 0.15) is 18.3 Å². The van der Waals surface area contributed by atoms with Crippen LogP contribution in [0.3, 0.4) is 0 Å². The van der Waals surface area contributed by atoms with E-state index in [0.717, 1.165) is 0 Å². The number of carbonyl (C=O) groups is 2. The number of fused-ring (bicyclic) bond motifs is 5. The topological polar surface area (TPSA) is 154 Å². The molecule has 0 bridgehead atoms. The summed E-state index contributed by atoms with van der Waals surface area (Å²) in [5.74, 6) is -3.04. The van der Waals surface area contributed by atoms with Gasteiger partial charge in [-0.05, 0) is 67.9 Å². The second-order valence-electron chi connectivity index (χ2n) is 11.6. The molecule has 0 amide bonds. The molecule has 11 atom stereocenters. The van der Waals surface area contributed by atoms with Crippen molar-refractivity contribution in [1.29, 1.82) is 0 Å². The van der Waals surface area contributed by atoms with Crippen molar-refractivity contribution in [3.63, 3.8) is 0 Å². The van der Waals surface area contributed by atoms with Gasteiger partial charge in [-0.25, -0.2) is 4.79 Å². The van der Waals surface area contributed by atoms with E-state index in [1.165, 1.54) is 19.3 Å². The van der Waals surface area contributed by atoms with Crippen molar-refractivity contribution in [2.24, 2.45) is 28.6 Å². The Bertz CT molecular complexity index is 1080. The Hall–Kier alpha value is -2.07. The first-order valence-electron chi connectivity index (χ1n) is 12.4. The summed E-state index contributed by atoms with van der Waals surface area (Å²) in [6, 6.07) is 2.90. The molecule has 0 aliphatic heterocycles. The van der Waals surface area contributed by atoms with Gasteiger partial charge in [0.05, 0.1) is 23.4 Å². The van der Waals surface area contributed by atoms with Crippen molar-refractivity contribution >= 4 is 11.8 Å². The van der Waals surface area contributed by atoms with E-state index in [-0.39, 0.29) is 6.42 Å². The fourth-order valence-electron chi connectivity index (χ4n) is 8.58. The Morgan fingerprint density at radius 2 is 1.74 bits per heavy atom. The van der Waals surface area contributed by atoms with Crippen molar-refractivity contribution in [3.8, 4) is 0 Å². The first-order chi connectivity index (χ1) is 16.4. The monoisotopic (exact) mass is 490 g/mol. The number of carbonyl (C=O) groups excluding carboxylic acids is 2. The van der Waals surface area contributed by atoms with Gasteiger partial charge in [-0.1, -0.05) is 6.92 Å². The van der Waals surface area contributed by atoms with Crippen molar-refractivity contribution < 1.29 is 39.2 Å². The van der Waals surface area contributed by atoms with Crippen LogP contribution in [0.15, 0.2) is 27.6 Å². The van der Waals surface area contributed by atoms with Crippen molar-refractivity contribution in [2.75, 3.05) is 0 Å². The average Bonchev–Trinajstić information content (AvgIpc) is 3.08. The Kier molecular flexibility index (Phi) is 5.60. The number of ketones is 1. The number of aliphatic hydroxyl groups is 4. The quantitative estimate of drug-likeness (QED) is 0.443. The molecule has 1 aromatic rings. The molecular weight excluding hydrogens is 456 g/mol. The summed E-state index contributed by atoms with van der Waals surface area (Å²) in [6.45, 7) is 4.79. The molecule has 0 spiro atoms. The largest absolute Gasteiger partial charge is 0.460 e. The zero-order chi connectivity index (χ0) is 25.5. The molecule has 4 saturated carbocycles. The molecule has 1 heterocycles. The summed E-state index contributed by atoms with van der Waals surface area (Å²) in [7, 11) is 0. The fourth-order valence-corrected chi connectivity index (χ4v) is 8.58. The Morgan fingerprint density at radius 1 is 1.06 bits per heavy atom. The van der Waals surface area contributed by atoms with Gasteiger partial charge in [0.15, 0.2) is 5.78 Å². The molecule has 4 N–H and O–H groups in total. The van der Waals surface area contributed by atoms with Crippen LogP contribution in [0.1, 0.15) is 64.4 Å². The standard InChI is InChI=1S/C26H34O9/c1-12(27)35-17-10-24(2)16(20(29)21(17)30)6-5-15-19(24)22(31)23(32)25(3)14(8-9-26(15,25)33)13-4-7-18(28)34-11-13/h4,7,11,14-17,19-22,29-31,33H,5-6,8-10H2,1-3H3/t14-,15-,16+,17-,19-,20-,21-,22+,24+,25+,26+/m1/s1. The smallest absolute Gasteiger partial charge is 0.335 e. The molecule has 4 fully saturated rings. The molecular formula is C26H34O9. The lowest BCUT2D eigenvalue weighted by molar-refractivity contribution is -0.255. The lowest BCUT2D eigenvalue weighted by Gasteiger charge is -2.65. The van der Waals surface area contributed by atoms with Crippen molar-refractivity contribution in [3.05, 3.63) is 34.4 Å². The lowest BCUT2D eigenvalue weighted by Crippen LogP contribution is -2.72. The maximum atomic E-state index is 14.0. The molecule has 4 aliphatic rings. The third-order valence-corrected chi connectivity index (χ3v) is 10.2. The molecule has 9 nitrogen and oxygen atoms in total. The van der Waals surface area contributed by atoms with Crippen LogP contribution >= 0.6 is 0 Å². The third-order valence-electron chi connectivity index (χ3n) is 10.2. The Morgan fingerprint density at radius 3 is 2.37 bits per heavy atom. The number of aliphatic hydroxyl groups excluding tert-OH is 3. The van der Waals surface area contributed by atoms with E-state index in [1.807, 2.05) is 6.92 Å². The summed E-state index contributed by atoms with van der Waals surface area (Å²) in [4.78, 5) is 37.1. The first-order valence-corrected chi connectivity index (χ1v) is 12.4. The molecule has 9 heteroatoms. The maximum Gasteiger partial charge on any atom is 0.335 e. The summed E-state index contributed by atoms with van der Waals surface area (Å²) in [5, 5.41) is 45.4. The SMILES string of the molecule is CC(=O)O[C@@H]1C[C@]2(C)[C@H]3[C@H](O)C(=O)[C@]4(C)[C@@H](c5ccc(=O)oc5)CC[C@]4(O)[C@@H]3CC[C@H]2[C@@H](O)[C@@H]1O. The number of hydrogen-bond acceptors (Lipinski definition) is 9. The Labute approximate surface area is 203 Å². The zero-order valence-electron chi connectivity index (χ0n) is 20.2. The van der Waals surface area contributed by atoms with Crippen LogP contribution in [-0.4, -0.2) is 62.2 Å². The predicted octanol–water partition coefficient (Wildman–Crippen LogP) is 0.904. The minimum Gasteiger partial charge on any atom is -0.460 e. The van der Waals surface area contributed by atoms with Gasteiger partial charge in [-0.3, -0.25) is 9.59 Å². The summed E-state index contributed by atoms with van der Waals surface area (Å²) < 4.78 is 10.4. The highest BCUT2D eigenvalue weighted by atomic mass is 16.6. The van der Waals surface area contributed by atoms with Crippen LogP contribution in [0, 0.1) is 28.6 Å². The average molecular weight is 491 g/mol. The van der Waals surface area contributed by atoms with Gasteiger partial charge >= 0.3 is 11.6 Å². The van der Waals surface area contributed by atoms with Gasteiger partial charge in [0.2, 0.25) is 0 Å². The highest BCUT2D eigenvalue weighted by molar-refractivity contribution is 5.93. The summed E-state index contributed by atoms with van der Waals surface area (Å²) >= 11 is 0. The van der Waals surface area contributed by atoms with E-state index >= 15 is 0 Å². The predicted molar refractivity (Wildman–Crippen MR) is 121 cm³/mol. The fraction of sp³-hybridized carbons (Fsp3) is 0.731. The number of rotatable bonds is 2. The molecule has 0 radical (unpaired) electrons. The van der Waals surface area contributed by atoms with Crippen LogP contribution in [0.4, 0.5) is 0 Å². The minimum atomic E-state index is -1.42. The van der Waals surface area contributed by atoms with Crippen LogP contribution in [-0.2, 0) is 14.3 Å². The van der Waals surface area contributed by atoms with Gasteiger partial charge in [-0.2, -0.15) is 0 Å². The second-order valence-corrected chi connectivity index (χ2v) is 11.6. The highest BCUT2D eigenvalue weighted by Gasteiger charge is 2.74. The van der Waals surface area contributed by atoms with E-state index < -0.39 is 81.9 Å². The van der Waals surface area contributed by atoms with E-state index in [2.05, 4.69) is 0 Å². The number of Topliss-reactive ketones (excluding diaryl/α,β-unsaturated/α-hetero) is 1. The molecule has 0 unspecified atom stereocenters. The number of esters is 1. The molecule has 0 saturated heterocycles. The van der Waals surface area contributed by atoms with Gasteiger partial charge in [0, 0.05) is 24.8 Å². The molecule has 192 valence electrons. The third kappa shape index (κ3) is 3.17. The van der Waals surface area contributed by atoms with Crippen molar-refractivity contribution in [1.82, 2.24) is 0 Å². The Balaban J connectivity index is 1.57. The van der Waals surface area contributed by atoms with Crippen molar-refractivity contribution in [2.45, 2.75) is 88.8 Å². The van der Waals surface area contributed by atoms with E-state index in [4.69, 9.17) is 9.15 Å².